The standard InChI is InChI=1S/C12H15NO2/c1-13(2)8-10(14)12-7-9-5-3-4-6-11(9)15-12/h3-7,10,14H,8H2,1-2H3. The molecule has 2 aromatic rings. The van der Waals surface area contributed by atoms with E-state index in [1.807, 2.05) is 49.3 Å². The fourth-order valence-corrected chi connectivity index (χ4v) is 1.60. The van der Waals surface area contributed by atoms with Crippen molar-refractivity contribution in [3.05, 3.63) is 36.1 Å². The number of aliphatic hydroxyl groups excluding tert-OH is 1. The van der Waals surface area contributed by atoms with Crippen molar-refractivity contribution >= 4 is 11.0 Å². The van der Waals surface area contributed by atoms with E-state index in [1.54, 1.807) is 0 Å². The average Bonchev–Trinajstić information content (AvgIpc) is 2.59. The number of aliphatic hydroxyl groups is 1. The van der Waals surface area contributed by atoms with E-state index in [2.05, 4.69) is 0 Å². The topological polar surface area (TPSA) is 36.6 Å². The highest BCUT2D eigenvalue weighted by Gasteiger charge is 2.13. The fourth-order valence-electron chi connectivity index (χ4n) is 1.60. The summed E-state index contributed by atoms with van der Waals surface area (Å²) in [5.74, 6) is 0.630. The van der Waals surface area contributed by atoms with Crippen molar-refractivity contribution in [2.24, 2.45) is 0 Å². The van der Waals surface area contributed by atoms with Crippen molar-refractivity contribution in [1.29, 1.82) is 0 Å². The van der Waals surface area contributed by atoms with Gasteiger partial charge in [0.1, 0.15) is 17.4 Å². The van der Waals surface area contributed by atoms with Crippen LogP contribution in [0.25, 0.3) is 11.0 Å². The number of para-hydroxylation sites is 1. The molecule has 0 fully saturated rings. The van der Waals surface area contributed by atoms with Gasteiger partial charge in [-0.25, -0.2) is 0 Å². The Hall–Kier alpha value is -1.32. The molecule has 0 aliphatic carbocycles. The summed E-state index contributed by atoms with van der Waals surface area (Å²) in [5, 5.41) is 10.9. The van der Waals surface area contributed by atoms with E-state index in [4.69, 9.17) is 4.42 Å². The van der Waals surface area contributed by atoms with Gasteiger partial charge in [0.25, 0.3) is 0 Å². The molecule has 0 saturated heterocycles. The van der Waals surface area contributed by atoms with Crippen LogP contribution in [0, 0.1) is 0 Å². The van der Waals surface area contributed by atoms with Gasteiger partial charge >= 0.3 is 0 Å². The van der Waals surface area contributed by atoms with Crippen molar-refractivity contribution in [2.75, 3.05) is 20.6 Å². The minimum atomic E-state index is -0.563. The Kier molecular flexibility index (Phi) is 2.75. The lowest BCUT2D eigenvalue weighted by atomic mass is 10.2. The Bertz CT molecular complexity index is 415. The van der Waals surface area contributed by atoms with Gasteiger partial charge in [0.15, 0.2) is 0 Å². The number of likely N-dealkylation sites (N-methyl/N-ethyl adjacent to an activating group) is 1. The second kappa shape index (κ2) is 4.04. The second-order valence-corrected chi connectivity index (χ2v) is 3.96. The molecule has 0 amide bonds. The van der Waals surface area contributed by atoms with Crippen LogP contribution in [-0.2, 0) is 0 Å². The van der Waals surface area contributed by atoms with Crippen LogP contribution in [0.1, 0.15) is 11.9 Å². The molecule has 0 bridgehead atoms. The third-order valence-corrected chi connectivity index (χ3v) is 2.31. The summed E-state index contributed by atoms with van der Waals surface area (Å²) in [7, 11) is 3.84. The van der Waals surface area contributed by atoms with E-state index in [9.17, 15) is 5.11 Å². The maximum atomic E-state index is 9.86. The minimum Gasteiger partial charge on any atom is -0.458 e. The molecule has 0 aliphatic heterocycles. The summed E-state index contributed by atoms with van der Waals surface area (Å²) >= 11 is 0. The van der Waals surface area contributed by atoms with Crippen molar-refractivity contribution in [3.63, 3.8) is 0 Å². The zero-order chi connectivity index (χ0) is 10.8. The summed E-state index contributed by atoms with van der Waals surface area (Å²) < 4.78 is 5.55. The number of hydrogen-bond acceptors (Lipinski definition) is 3. The molecule has 0 radical (unpaired) electrons. The molecule has 15 heavy (non-hydrogen) atoms. The molecule has 80 valence electrons. The Morgan fingerprint density at radius 1 is 1.33 bits per heavy atom. The molecular weight excluding hydrogens is 190 g/mol. The van der Waals surface area contributed by atoms with Gasteiger partial charge in [-0.2, -0.15) is 0 Å². The van der Waals surface area contributed by atoms with E-state index in [-0.39, 0.29) is 0 Å². The smallest absolute Gasteiger partial charge is 0.135 e. The summed E-state index contributed by atoms with van der Waals surface area (Å²) in [4.78, 5) is 1.93. The first-order chi connectivity index (χ1) is 7.16. The van der Waals surface area contributed by atoms with E-state index >= 15 is 0 Å². The highest BCUT2D eigenvalue weighted by Crippen LogP contribution is 2.23. The van der Waals surface area contributed by atoms with Crippen LogP contribution < -0.4 is 0 Å². The molecule has 1 N–H and O–H groups in total. The predicted octanol–water partition coefficient (Wildman–Crippen LogP) is 2.03. The molecule has 3 nitrogen and oxygen atoms in total. The second-order valence-electron chi connectivity index (χ2n) is 3.96. The highest BCUT2D eigenvalue weighted by atomic mass is 16.4. The first-order valence-electron chi connectivity index (χ1n) is 4.98. The largest absolute Gasteiger partial charge is 0.458 e. The van der Waals surface area contributed by atoms with Gasteiger partial charge in [-0.05, 0) is 26.2 Å². The van der Waals surface area contributed by atoms with Crippen LogP contribution >= 0.6 is 0 Å². The fraction of sp³-hybridized carbons (Fsp3) is 0.333. The molecule has 1 aromatic heterocycles. The van der Waals surface area contributed by atoms with E-state index in [0.29, 0.717) is 12.3 Å². The summed E-state index contributed by atoms with van der Waals surface area (Å²) in [6, 6.07) is 9.66. The summed E-state index contributed by atoms with van der Waals surface area (Å²) in [6.07, 6.45) is -0.563. The maximum absolute atomic E-state index is 9.86. The number of hydrogen-bond donors (Lipinski definition) is 1. The van der Waals surface area contributed by atoms with Crippen molar-refractivity contribution in [1.82, 2.24) is 4.90 Å². The third-order valence-electron chi connectivity index (χ3n) is 2.31. The maximum Gasteiger partial charge on any atom is 0.135 e. The van der Waals surface area contributed by atoms with Gasteiger partial charge < -0.3 is 14.4 Å². The van der Waals surface area contributed by atoms with E-state index in [1.165, 1.54) is 0 Å². The van der Waals surface area contributed by atoms with Crippen molar-refractivity contribution in [2.45, 2.75) is 6.10 Å². The number of benzene rings is 1. The summed E-state index contributed by atoms with van der Waals surface area (Å²) in [5.41, 5.74) is 0.824. The van der Waals surface area contributed by atoms with E-state index < -0.39 is 6.10 Å². The zero-order valence-electron chi connectivity index (χ0n) is 8.97. The molecule has 0 aliphatic rings. The number of furan rings is 1. The van der Waals surface area contributed by atoms with Crippen molar-refractivity contribution in [3.8, 4) is 0 Å². The predicted molar refractivity (Wildman–Crippen MR) is 59.7 cm³/mol. The lowest BCUT2D eigenvalue weighted by Crippen LogP contribution is -2.19. The Labute approximate surface area is 88.9 Å². The quantitative estimate of drug-likeness (QED) is 0.833. The van der Waals surface area contributed by atoms with Crippen molar-refractivity contribution < 1.29 is 9.52 Å². The Morgan fingerprint density at radius 2 is 2.07 bits per heavy atom. The van der Waals surface area contributed by atoms with Gasteiger partial charge in [0, 0.05) is 11.9 Å². The van der Waals surface area contributed by atoms with Crippen LogP contribution in [0.5, 0.6) is 0 Å². The molecule has 3 heteroatoms. The Morgan fingerprint density at radius 3 is 2.73 bits per heavy atom. The van der Waals surface area contributed by atoms with Gasteiger partial charge in [-0.3, -0.25) is 0 Å². The van der Waals surface area contributed by atoms with E-state index in [0.717, 1.165) is 11.0 Å². The average molecular weight is 205 g/mol. The van der Waals surface area contributed by atoms with Crippen LogP contribution in [0.4, 0.5) is 0 Å². The van der Waals surface area contributed by atoms with Crippen LogP contribution in [-0.4, -0.2) is 30.6 Å². The normalized spacial score (nSPS) is 13.6. The molecule has 2 rings (SSSR count). The third kappa shape index (κ3) is 2.19. The van der Waals surface area contributed by atoms with Gasteiger partial charge in [-0.15, -0.1) is 0 Å². The molecule has 0 saturated carbocycles. The molecule has 1 unspecified atom stereocenters. The molecule has 1 aromatic carbocycles. The van der Waals surface area contributed by atoms with Crippen LogP contribution in [0.15, 0.2) is 34.7 Å². The number of rotatable bonds is 3. The van der Waals surface area contributed by atoms with Gasteiger partial charge in [0.2, 0.25) is 0 Å². The van der Waals surface area contributed by atoms with Gasteiger partial charge in [0.05, 0.1) is 0 Å². The lowest BCUT2D eigenvalue weighted by molar-refractivity contribution is 0.117. The number of fused-ring (bicyclic) bond motifs is 1. The minimum absolute atomic E-state index is 0.563. The molecule has 0 spiro atoms. The lowest BCUT2D eigenvalue weighted by Gasteiger charge is -2.13. The molecule has 1 atom stereocenters. The summed E-state index contributed by atoms with van der Waals surface area (Å²) in [6.45, 7) is 0.569. The molecule has 1 heterocycles. The Balaban J connectivity index is 2.28. The highest BCUT2D eigenvalue weighted by molar-refractivity contribution is 5.77. The molecular formula is C12H15NO2. The first-order valence-corrected chi connectivity index (χ1v) is 4.98. The monoisotopic (exact) mass is 205 g/mol. The zero-order valence-corrected chi connectivity index (χ0v) is 8.97. The first kappa shape index (κ1) is 10.2. The van der Waals surface area contributed by atoms with Gasteiger partial charge in [-0.1, -0.05) is 18.2 Å². The van der Waals surface area contributed by atoms with Crippen LogP contribution in [0.3, 0.4) is 0 Å². The SMILES string of the molecule is CN(C)CC(O)c1cc2ccccc2o1. The van der Waals surface area contributed by atoms with Crippen LogP contribution in [0.2, 0.25) is 0 Å². The number of nitrogens with zero attached hydrogens (tertiary/aromatic N) is 1.